The standard InChI is InChI=1S/C62H101O11P/c1-4-7-10-13-16-19-22-25-27-28-29-30-32-35-38-41-44-47-50-53-62(66)73-59(55-69-60(64)51-48-45-42-39-36-34-31-26-23-20-17-14-11-8-5-2)57-71-74(67,68)70-56-58(54-63)72-61(65)52-49-46-43-40-37-33-24-21-18-15-12-9-6-3/h8,11-12,15-17,19-21,24-27,29-31,36,39,45,48,58-59,63H,4-7,9-10,13-14,18,22-23,28,32-35,37-38,40-44,46-47,49-57H2,1-3H3,(H,67,68)/b11-8-,15-12-,19-16-,20-17-,24-21-,27-25-,30-29-,31-26-,39-36-,48-45-. The summed E-state index contributed by atoms with van der Waals surface area (Å²) >= 11 is 0. The lowest BCUT2D eigenvalue weighted by atomic mass is 10.1. The zero-order valence-electron chi connectivity index (χ0n) is 46.3. The fourth-order valence-corrected chi connectivity index (χ4v) is 7.84. The molecule has 0 aliphatic rings. The number of unbranched alkanes of at least 4 members (excludes halogenated alkanes) is 15. The van der Waals surface area contributed by atoms with E-state index in [-0.39, 0.29) is 19.3 Å². The lowest BCUT2D eigenvalue weighted by molar-refractivity contribution is -0.161. The van der Waals surface area contributed by atoms with Crippen molar-refractivity contribution < 1.29 is 52.2 Å². The Hall–Kier alpha value is -4.12. The Morgan fingerprint density at radius 3 is 1.20 bits per heavy atom. The summed E-state index contributed by atoms with van der Waals surface area (Å²) in [5.74, 6) is -1.66. The maximum Gasteiger partial charge on any atom is 0.472 e. The van der Waals surface area contributed by atoms with Gasteiger partial charge in [0.1, 0.15) is 12.7 Å². The average Bonchev–Trinajstić information content (AvgIpc) is 3.39. The summed E-state index contributed by atoms with van der Waals surface area (Å²) in [5, 5.41) is 9.80. The second-order valence-electron chi connectivity index (χ2n) is 18.4. The molecule has 0 aliphatic heterocycles. The van der Waals surface area contributed by atoms with Gasteiger partial charge in [0.05, 0.1) is 26.2 Å². The van der Waals surface area contributed by atoms with Crippen LogP contribution in [0.1, 0.15) is 213 Å². The molecule has 0 rings (SSSR count). The van der Waals surface area contributed by atoms with E-state index in [0.717, 1.165) is 128 Å². The molecule has 3 unspecified atom stereocenters. The SMILES string of the molecule is CC/C=C\C/C=C\C/C=C\C/C=C\C/C=C\CC(=O)OCC(COP(=O)(O)OCC(CO)OC(=O)CCCCCCC/C=C\C/C=C\CCC)OC(=O)CCCCCCCC/C=C\C/C=C\C/C=C\CCCCC. The molecule has 3 atom stereocenters. The molecule has 0 saturated carbocycles. The van der Waals surface area contributed by atoms with Gasteiger partial charge in [-0.05, 0) is 109 Å². The third kappa shape index (κ3) is 52.7. The van der Waals surface area contributed by atoms with Gasteiger partial charge in [0, 0.05) is 12.8 Å². The maximum atomic E-state index is 12.9. The van der Waals surface area contributed by atoms with Gasteiger partial charge in [0.15, 0.2) is 6.10 Å². The summed E-state index contributed by atoms with van der Waals surface area (Å²) in [6, 6.07) is 0. The molecular weight excluding hydrogens is 952 g/mol. The number of carbonyl (C=O) groups is 3. The Morgan fingerprint density at radius 2 is 0.770 bits per heavy atom. The number of phosphoric ester groups is 1. The van der Waals surface area contributed by atoms with E-state index in [1.165, 1.54) is 25.7 Å². The molecule has 0 amide bonds. The smallest absolute Gasteiger partial charge is 0.461 e. The van der Waals surface area contributed by atoms with Gasteiger partial charge in [-0.3, -0.25) is 23.4 Å². The van der Waals surface area contributed by atoms with Crippen LogP contribution in [0.5, 0.6) is 0 Å². The van der Waals surface area contributed by atoms with Gasteiger partial charge >= 0.3 is 25.7 Å². The number of hydrogen-bond donors (Lipinski definition) is 2. The topological polar surface area (TPSA) is 155 Å². The lowest BCUT2D eigenvalue weighted by Gasteiger charge is -2.21. The molecule has 12 heteroatoms. The van der Waals surface area contributed by atoms with E-state index < -0.39 is 64.4 Å². The Labute approximate surface area is 449 Å². The molecular formula is C62H101O11P. The number of allylic oxidation sites excluding steroid dienone is 19. The second kappa shape index (κ2) is 55.1. The van der Waals surface area contributed by atoms with Crippen molar-refractivity contribution in [1.82, 2.24) is 0 Å². The van der Waals surface area contributed by atoms with Crippen LogP contribution >= 0.6 is 7.82 Å². The first-order chi connectivity index (χ1) is 36.2. The van der Waals surface area contributed by atoms with Crippen molar-refractivity contribution in [3.8, 4) is 0 Å². The largest absolute Gasteiger partial charge is 0.472 e. The minimum atomic E-state index is -4.78. The fraction of sp³-hybridized carbons (Fsp3) is 0.629. The zero-order valence-corrected chi connectivity index (χ0v) is 47.2. The van der Waals surface area contributed by atoms with Crippen LogP contribution < -0.4 is 0 Å². The molecule has 2 N–H and O–H groups in total. The number of esters is 3. The van der Waals surface area contributed by atoms with Crippen LogP contribution in [-0.2, 0) is 42.2 Å². The first-order valence-electron chi connectivity index (χ1n) is 28.4. The highest BCUT2D eigenvalue weighted by Crippen LogP contribution is 2.43. The van der Waals surface area contributed by atoms with E-state index in [1.54, 1.807) is 6.08 Å². The van der Waals surface area contributed by atoms with Crippen LogP contribution in [0.4, 0.5) is 0 Å². The monoisotopic (exact) mass is 1050 g/mol. The van der Waals surface area contributed by atoms with Crippen molar-refractivity contribution in [1.29, 1.82) is 0 Å². The number of aliphatic hydroxyl groups is 1. The molecule has 0 aromatic heterocycles. The van der Waals surface area contributed by atoms with E-state index in [4.69, 9.17) is 23.3 Å². The Kier molecular flexibility index (Phi) is 52.1. The summed E-state index contributed by atoms with van der Waals surface area (Å²) in [5.41, 5.74) is 0. The summed E-state index contributed by atoms with van der Waals surface area (Å²) < 4.78 is 39.3. The van der Waals surface area contributed by atoms with Gasteiger partial charge in [-0.2, -0.15) is 0 Å². The van der Waals surface area contributed by atoms with Crippen LogP contribution in [0.25, 0.3) is 0 Å². The second-order valence-corrected chi connectivity index (χ2v) is 19.8. The molecule has 0 radical (unpaired) electrons. The van der Waals surface area contributed by atoms with E-state index in [0.29, 0.717) is 19.3 Å². The number of phosphoric acid groups is 1. The van der Waals surface area contributed by atoms with Crippen molar-refractivity contribution in [2.24, 2.45) is 0 Å². The van der Waals surface area contributed by atoms with Gasteiger partial charge in [0.25, 0.3) is 0 Å². The maximum absolute atomic E-state index is 12.9. The lowest BCUT2D eigenvalue weighted by Crippen LogP contribution is -2.30. The molecule has 0 aliphatic carbocycles. The number of ether oxygens (including phenoxy) is 3. The van der Waals surface area contributed by atoms with E-state index >= 15 is 0 Å². The van der Waals surface area contributed by atoms with Gasteiger partial charge in [-0.25, -0.2) is 4.57 Å². The van der Waals surface area contributed by atoms with Gasteiger partial charge in [0.2, 0.25) is 0 Å². The molecule has 11 nitrogen and oxygen atoms in total. The van der Waals surface area contributed by atoms with Crippen LogP contribution in [-0.4, -0.2) is 66.5 Å². The molecule has 420 valence electrons. The van der Waals surface area contributed by atoms with E-state index in [2.05, 4.69) is 124 Å². The van der Waals surface area contributed by atoms with Crippen molar-refractivity contribution >= 4 is 25.7 Å². The van der Waals surface area contributed by atoms with Gasteiger partial charge < -0.3 is 24.2 Å². The molecule has 74 heavy (non-hydrogen) atoms. The van der Waals surface area contributed by atoms with Gasteiger partial charge in [-0.15, -0.1) is 0 Å². The molecule has 0 aromatic rings. The minimum absolute atomic E-state index is 0.0155. The number of aliphatic hydroxyl groups excluding tert-OH is 1. The van der Waals surface area contributed by atoms with Crippen molar-refractivity contribution in [3.63, 3.8) is 0 Å². The first-order valence-corrected chi connectivity index (χ1v) is 29.9. The highest BCUT2D eigenvalue weighted by molar-refractivity contribution is 7.47. The quantitative estimate of drug-likeness (QED) is 0.0197. The fourth-order valence-electron chi connectivity index (χ4n) is 7.06. The molecule has 0 spiro atoms. The highest BCUT2D eigenvalue weighted by Gasteiger charge is 2.28. The number of carbonyl (C=O) groups excluding carboxylic acids is 3. The molecule has 0 fully saturated rings. The van der Waals surface area contributed by atoms with Gasteiger partial charge in [-0.1, -0.05) is 206 Å². The Balaban J connectivity index is 4.88. The highest BCUT2D eigenvalue weighted by atomic mass is 31.2. The predicted octanol–water partition coefficient (Wildman–Crippen LogP) is 16.8. The molecule has 0 aromatic carbocycles. The molecule has 0 heterocycles. The third-order valence-electron chi connectivity index (χ3n) is 11.4. The number of hydrogen-bond acceptors (Lipinski definition) is 10. The Morgan fingerprint density at radius 1 is 0.405 bits per heavy atom. The van der Waals surface area contributed by atoms with Crippen LogP contribution in [0, 0.1) is 0 Å². The van der Waals surface area contributed by atoms with Crippen LogP contribution in [0.15, 0.2) is 122 Å². The van der Waals surface area contributed by atoms with Crippen LogP contribution in [0.3, 0.4) is 0 Å². The van der Waals surface area contributed by atoms with E-state index in [1.807, 2.05) is 12.2 Å². The summed E-state index contributed by atoms with van der Waals surface area (Å²) in [6.07, 6.45) is 67.6. The number of rotatable bonds is 51. The van der Waals surface area contributed by atoms with Crippen LogP contribution in [0.2, 0.25) is 0 Å². The third-order valence-corrected chi connectivity index (χ3v) is 12.3. The van der Waals surface area contributed by atoms with Crippen molar-refractivity contribution in [2.45, 2.75) is 226 Å². The van der Waals surface area contributed by atoms with Crippen molar-refractivity contribution in [2.75, 3.05) is 26.4 Å². The molecule has 0 saturated heterocycles. The summed E-state index contributed by atoms with van der Waals surface area (Å²) in [4.78, 5) is 48.4. The first kappa shape index (κ1) is 69.9. The zero-order chi connectivity index (χ0) is 54.1. The molecule has 0 bridgehead atoms. The Bertz CT molecular complexity index is 1700. The average molecular weight is 1050 g/mol. The summed E-state index contributed by atoms with van der Waals surface area (Å²) in [6.45, 7) is 4.28. The predicted molar refractivity (Wildman–Crippen MR) is 306 cm³/mol. The van der Waals surface area contributed by atoms with E-state index in [9.17, 15) is 28.9 Å². The minimum Gasteiger partial charge on any atom is -0.461 e. The normalized spacial score (nSPS) is 14.3. The summed E-state index contributed by atoms with van der Waals surface area (Å²) in [7, 11) is -4.78. The van der Waals surface area contributed by atoms with Crippen molar-refractivity contribution in [3.05, 3.63) is 122 Å².